The third-order valence-electron chi connectivity index (χ3n) is 5.26. The second-order valence-electron chi connectivity index (χ2n) is 7.32. The Labute approximate surface area is 177 Å². The summed E-state index contributed by atoms with van der Waals surface area (Å²) in [4.78, 5) is 2.12. The van der Waals surface area contributed by atoms with E-state index in [0.717, 1.165) is 16.8 Å². The van der Waals surface area contributed by atoms with Gasteiger partial charge in [0.15, 0.2) is 0 Å². The summed E-state index contributed by atoms with van der Waals surface area (Å²) in [5, 5.41) is 0. The molecule has 0 aliphatic carbocycles. The van der Waals surface area contributed by atoms with Crippen molar-refractivity contribution in [3.63, 3.8) is 0 Å². The molecule has 0 bridgehead atoms. The molecular weight excluding hydrogens is 429 g/mol. The van der Waals surface area contributed by atoms with Crippen LogP contribution in [0.5, 0.6) is 0 Å². The van der Waals surface area contributed by atoms with Gasteiger partial charge in [-0.3, -0.25) is 0 Å². The highest BCUT2D eigenvalue weighted by atomic mass is 32.2. The molecule has 1 heterocycles. The minimum Gasteiger partial charge on any atom is -0.369 e. The van der Waals surface area contributed by atoms with E-state index in [4.69, 9.17) is 0 Å². The zero-order valence-corrected chi connectivity index (χ0v) is 18.6. The predicted octanol–water partition coefficient (Wildman–Crippen LogP) is 1.87. The van der Waals surface area contributed by atoms with Gasteiger partial charge in [-0.15, -0.1) is 0 Å². The van der Waals surface area contributed by atoms with Crippen molar-refractivity contribution in [3.05, 3.63) is 59.4 Å². The SMILES string of the molecule is Cc1ccc(S(=O)(=O)NCCS(=O)(=O)N2CCN(c3ccc(F)cc3)CC2)cc1C. The van der Waals surface area contributed by atoms with Crippen LogP contribution in [0, 0.1) is 19.7 Å². The Hall–Kier alpha value is -2.01. The lowest BCUT2D eigenvalue weighted by molar-refractivity contribution is 0.385. The van der Waals surface area contributed by atoms with Crippen LogP contribution in [0.2, 0.25) is 0 Å². The molecule has 1 saturated heterocycles. The minimum absolute atomic E-state index is 0.121. The number of aryl methyl sites for hydroxylation is 2. The van der Waals surface area contributed by atoms with E-state index in [1.165, 1.54) is 22.5 Å². The third-order valence-corrected chi connectivity index (χ3v) is 8.60. The quantitative estimate of drug-likeness (QED) is 0.689. The fourth-order valence-electron chi connectivity index (χ4n) is 3.27. The zero-order chi connectivity index (χ0) is 21.9. The number of hydrogen-bond acceptors (Lipinski definition) is 5. The molecular formula is C20H26FN3O4S2. The van der Waals surface area contributed by atoms with Crippen molar-refractivity contribution in [2.24, 2.45) is 0 Å². The van der Waals surface area contributed by atoms with Crippen molar-refractivity contribution in [2.45, 2.75) is 18.7 Å². The van der Waals surface area contributed by atoms with Crippen LogP contribution in [-0.4, -0.2) is 59.6 Å². The van der Waals surface area contributed by atoms with Gasteiger partial charge in [-0.1, -0.05) is 6.07 Å². The Kier molecular flexibility index (Phi) is 6.81. The molecule has 0 spiro atoms. The van der Waals surface area contributed by atoms with Crippen molar-refractivity contribution < 1.29 is 21.2 Å². The summed E-state index contributed by atoms with van der Waals surface area (Å²) in [5.41, 5.74) is 2.68. The lowest BCUT2D eigenvalue weighted by atomic mass is 10.1. The van der Waals surface area contributed by atoms with Crippen LogP contribution < -0.4 is 9.62 Å². The molecule has 1 N–H and O–H groups in total. The number of hydrogen-bond donors (Lipinski definition) is 1. The molecule has 0 atom stereocenters. The summed E-state index contributed by atoms with van der Waals surface area (Å²) in [6.07, 6.45) is 0. The van der Waals surface area contributed by atoms with Crippen molar-refractivity contribution in [3.8, 4) is 0 Å². The number of nitrogens with zero attached hydrogens (tertiary/aromatic N) is 2. The summed E-state index contributed by atoms with van der Waals surface area (Å²) < 4.78 is 66.9. The van der Waals surface area contributed by atoms with E-state index in [1.807, 2.05) is 18.7 Å². The number of sulfonamides is 2. The molecule has 0 aromatic heterocycles. The van der Waals surface area contributed by atoms with Gasteiger partial charge in [-0.2, -0.15) is 4.31 Å². The molecule has 7 nitrogen and oxygen atoms in total. The van der Waals surface area contributed by atoms with E-state index in [-0.39, 0.29) is 23.0 Å². The highest BCUT2D eigenvalue weighted by molar-refractivity contribution is 7.90. The maximum atomic E-state index is 13.1. The predicted molar refractivity (Wildman–Crippen MR) is 115 cm³/mol. The van der Waals surface area contributed by atoms with E-state index in [2.05, 4.69) is 4.72 Å². The van der Waals surface area contributed by atoms with Gasteiger partial charge in [0.2, 0.25) is 20.0 Å². The maximum Gasteiger partial charge on any atom is 0.240 e. The fraction of sp³-hybridized carbons (Fsp3) is 0.400. The number of anilines is 1. The first-order valence-electron chi connectivity index (χ1n) is 9.64. The highest BCUT2D eigenvalue weighted by Crippen LogP contribution is 2.18. The van der Waals surface area contributed by atoms with E-state index in [0.29, 0.717) is 26.2 Å². The molecule has 0 radical (unpaired) electrons. The van der Waals surface area contributed by atoms with Crippen molar-refractivity contribution in [1.82, 2.24) is 9.03 Å². The molecule has 2 aromatic carbocycles. The Morgan fingerprint density at radius 1 is 0.900 bits per heavy atom. The first kappa shape index (κ1) is 22.7. The van der Waals surface area contributed by atoms with Crippen LogP contribution in [0.4, 0.5) is 10.1 Å². The summed E-state index contributed by atoms with van der Waals surface area (Å²) >= 11 is 0. The molecule has 1 aliphatic heterocycles. The van der Waals surface area contributed by atoms with Crippen molar-refractivity contribution >= 4 is 25.7 Å². The molecule has 164 valence electrons. The number of rotatable bonds is 7. The monoisotopic (exact) mass is 455 g/mol. The highest BCUT2D eigenvalue weighted by Gasteiger charge is 2.27. The van der Waals surface area contributed by atoms with E-state index >= 15 is 0 Å². The fourth-order valence-corrected chi connectivity index (χ4v) is 5.86. The topological polar surface area (TPSA) is 86.8 Å². The van der Waals surface area contributed by atoms with Gasteiger partial charge in [-0.25, -0.2) is 25.9 Å². The Morgan fingerprint density at radius 2 is 1.53 bits per heavy atom. The van der Waals surface area contributed by atoms with Gasteiger partial charge in [-0.05, 0) is 61.4 Å². The first-order chi connectivity index (χ1) is 14.1. The smallest absolute Gasteiger partial charge is 0.240 e. The molecule has 0 saturated carbocycles. The van der Waals surface area contributed by atoms with Crippen LogP contribution in [0.3, 0.4) is 0 Å². The van der Waals surface area contributed by atoms with Crippen LogP contribution >= 0.6 is 0 Å². The molecule has 0 unspecified atom stereocenters. The second kappa shape index (κ2) is 9.01. The van der Waals surface area contributed by atoms with E-state index in [1.54, 1.807) is 24.3 Å². The Balaban J connectivity index is 1.54. The van der Waals surface area contributed by atoms with Gasteiger partial charge in [0.05, 0.1) is 10.6 Å². The zero-order valence-electron chi connectivity index (χ0n) is 17.0. The largest absolute Gasteiger partial charge is 0.369 e. The lowest BCUT2D eigenvalue weighted by Crippen LogP contribution is -2.50. The number of benzene rings is 2. The summed E-state index contributed by atoms with van der Waals surface area (Å²) in [6, 6.07) is 10.9. The molecule has 10 heteroatoms. The maximum absolute atomic E-state index is 13.1. The van der Waals surface area contributed by atoms with Crippen LogP contribution in [0.15, 0.2) is 47.4 Å². The molecule has 2 aromatic rings. The Bertz CT molecular complexity index is 1100. The van der Waals surface area contributed by atoms with Crippen LogP contribution in [0.25, 0.3) is 0 Å². The summed E-state index contributed by atoms with van der Waals surface area (Å²) in [6.45, 7) is 5.08. The van der Waals surface area contributed by atoms with Crippen molar-refractivity contribution in [2.75, 3.05) is 43.4 Å². The standard InChI is InChI=1S/C20H26FN3O4S2/c1-16-3-8-20(15-17(16)2)30(27,28)22-9-14-29(25,26)24-12-10-23(11-13-24)19-6-4-18(21)5-7-19/h3-8,15,22H,9-14H2,1-2H3. The third kappa shape index (κ3) is 5.37. The summed E-state index contributed by atoms with van der Waals surface area (Å²) in [7, 11) is -7.37. The van der Waals surface area contributed by atoms with Gasteiger partial charge in [0.1, 0.15) is 5.82 Å². The first-order valence-corrected chi connectivity index (χ1v) is 12.7. The molecule has 0 amide bonds. The summed E-state index contributed by atoms with van der Waals surface area (Å²) in [5.74, 6) is -0.628. The van der Waals surface area contributed by atoms with Gasteiger partial charge >= 0.3 is 0 Å². The average molecular weight is 456 g/mol. The Morgan fingerprint density at radius 3 is 2.13 bits per heavy atom. The van der Waals surface area contributed by atoms with Crippen molar-refractivity contribution in [1.29, 1.82) is 0 Å². The van der Waals surface area contributed by atoms with Gasteiger partial charge in [0.25, 0.3) is 0 Å². The molecule has 3 rings (SSSR count). The lowest BCUT2D eigenvalue weighted by Gasteiger charge is -2.35. The second-order valence-corrected chi connectivity index (χ2v) is 11.2. The minimum atomic E-state index is -3.77. The number of piperazine rings is 1. The number of halogens is 1. The molecule has 1 fully saturated rings. The normalized spacial score (nSPS) is 16.0. The van der Waals surface area contributed by atoms with Crippen LogP contribution in [0.1, 0.15) is 11.1 Å². The van der Waals surface area contributed by atoms with E-state index in [9.17, 15) is 21.2 Å². The average Bonchev–Trinajstić information content (AvgIpc) is 2.70. The van der Waals surface area contributed by atoms with Gasteiger partial charge < -0.3 is 4.90 Å². The van der Waals surface area contributed by atoms with Crippen LogP contribution in [-0.2, 0) is 20.0 Å². The van der Waals surface area contributed by atoms with Gasteiger partial charge in [0, 0.05) is 38.4 Å². The molecule has 30 heavy (non-hydrogen) atoms. The van der Waals surface area contributed by atoms with E-state index < -0.39 is 20.0 Å². The number of nitrogens with one attached hydrogen (secondary N) is 1. The molecule has 1 aliphatic rings.